The molecule has 2 rings (SSSR count). The summed E-state index contributed by atoms with van der Waals surface area (Å²) in [6, 6.07) is 0. The Hall–Kier alpha value is -1.15. The van der Waals surface area contributed by atoms with Gasteiger partial charge in [-0.3, -0.25) is 5.43 Å². The second kappa shape index (κ2) is 5.66. The molecule has 2 heterocycles. The molecule has 0 aliphatic carbocycles. The molecule has 7 nitrogen and oxygen atoms in total. The van der Waals surface area contributed by atoms with Crippen molar-refractivity contribution in [2.75, 3.05) is 30.0 Å². The molecule has 2 atom stereocenters. The van der Waals surface area contributed by atoms with E-state index in [9.17, 15) is 5.11 Å². The van der Waals surface area contributed by atoms with E-state index in [1.807, 2.05) is 11.8 Å². The molecule has 0 aromatic carbocycles. The summed E-state index contributed by atoms with van der Waals surface area (Å²) in [6.07, 6.45) is 1.25. The van der Waals surface area contributed by atoms with Crippen LogP contribution in [-0.4, -0.2) is 47.0 Å². The van der Waals surface area contributed by atoms with Crippen LogP contribution in [0.15, 0.2) is 6.20 Å². The van der Waals surface area contributed by atoms with E-state index in [1.165, 1.54) is 6.20 Å². The summed E-state index contributed by atoms with van der Waals surface area (Å²) in [6.45, 7) is 3.08. The van der Waals surface area contributed by atoms with E-state index in [1.54, 1.807) is 0 Å². The minimum atomic E-state index is -0.242. The Bertz CT molecular complexity index is 419. The van der Waals surface area contributed by atoms with Gasteiger partial charge in [-0.2, -0.15) is 4.98 Å². The highest BCUT2D eigenvalue weighted by atomic mass is 35.5. The molecule has 0 spiro atoms. The van der Waals surface area contributed by atoms with Crippen molar-refractivity contribution in [1.29, 1.82) is 0 Å². The molecule has 2 unspecified atom stereocenters. The Labute approximate surface area is 110 Å². The van der Waals surface area contributed by atoms with E-state index in [0.717, 1.165) is 0 Å². The highest BCUT2D eigenvalue weighted by Crippen LogP contribution is 2.26. The maximum absolute atomic E-state index is 9.19. The van der Waals surface area contributed by atoms with Crippen molar-refractivity contribution < 1.29 is 9.84 Å². The first-order valence-corrected chi connectivity index (χ1v) is 6.02. The summed E-state index contributed by atoms with van der Waals surface area (Å²) in [4.78, 5) is 10.1. The summed E-state index contributed by atoms with van der Waals surface area (Å²) < 4.78 is 5.57. The molecule has 0 amide bonds. The van der Waals surface area contributed by atoms with Gasteiger partial charge in [-0.15, -0.1) is 0 Å². The number of rotatable bonds is 3. The number of ether oxygens (including phenoxy) is 1. The van der Waals surface area contributed by atoms with Crippen LogP contribution in [0.5, 0.6) is 0 Å². The largest absolute Gasteiger partial charge is 0.394 e. The zero-order chi connectivity index (χ0) is 13.1. The third-order valence-corrected chi connectivity index (χ3v) is 2.95. The number of nitrogens with zero attached hydrogens (tertiary/aromatic N) is 3. The summed E-state index contributed by atoms with van der Waals surface area (Å²) in [5, 5.41) is 9.64. The normalized spacial score (nSPS) is 24.1. The van der Waals surface area contributed by atoms with Crippen LogP contribution < -0.4 is 16.2 Å². The quantitative estimate of drug-likeness (QED) is 0.527. The fraction of sp³-hybridized carbons (Fsp3) is 0.600. The maximum atomic E-state index is 9.19. The third kappa shape index (κ3) is 2.81. The first-order valence-electron chi connectivity index (χ1n) is 5.64. The second-order valence-corrected chi connectivity index (χ2v) is 4.57. The van der Waals surface area contributed by atoms with Crippen LogP contribution in [0.4, 0.5) is 11.8 Å². The van der Waals surface area contributed by atoms with E-state index in [4.69, 9.17) is 22.2 Å². The molecule has 1 aromatic rings. The number of halogens is 1. The van der Waals surface area contributed by atoms with E-state index in [2.05, 4.69) is 15.4 Å². The van der Waals surface area contributed by atoms with Gasteiger partial charge in [0, 0.05) is 13.1 Å². The van der Waals surface area contributed by atoms with Gasteiger partial charge >= 0.3 is 0 Å². The molecule has 1 saturated heterocycles. The van der Waals surface area contributed by atoms with Gasteiger partial charge in [0.15, 0.2) is 5.82 Å². The summed E-state index contributed by atoms with van der Waals surface area (Å²) in [7, 11) is 0. The van der Waals surface area contributed by atoms with Crippen LogP contribution in [0.2, 0.25) is 5.02 Å². The predicted octanol–water partition coefficient (Wildman–Crippen LogP) is 0.00160. The van der Waals surface area contributed by atoms with Crippen LogP contribution in [0.1, 0.15) is 6.92 Å². The number of aromatic nitrogens is 2. The number of hydrogen-bond donors (Lipinski definition) is 3. The van der Waals surface area contributed by atoms with Gasteiger partial charge in [-0.05, 0) is 6.92 Å². The number of hydrogen-bond acceptors (Lipinski definition) is 7. The molecule has 8 heteroatoms. The summed E-state index contributed by atoms with van der Waals surface area (Å²) >= 11 is 6.09. The number of hydrazine groups is 1. The lowest BCUT2D eigenvalue weighted by Gasteiger charge is -2.37. The monoisotopic (exact) mass is 273 g/mol. The average Bonchev–Trinajstić information content (AvgIpc) is 2.38. The summed E-state index contributed by atoms with van der Waals surface area (Å²) in [5.41, 5.74) is 2.38. The van der Waals surface area contributed by atoms with Gasteiger partial charge in [0.05, 0.1) is 25.0 Å². The van der Waals surface area contributed by atoms with Crippen LogP contribution >= 0.6 is 11.6 Å². The Morgan fingerprint density at radius 2 is 2.44 bits per heavy atom. The van der Waals surface area contributed by atoms with Crippen LogP contribution in [0, 0.1) is 0 Å². The molecule has 18 heavy (non-hydrogen) atoms. The molecule has 100 valence electrons. The van der Waals surface area contributed by atoms with Gasteiger partial charge in [0.1, 0.15) is 5.02 Å². The Morgan fingerprint density at radius 3 is 3.11 bits per heavy atom. The number of nitrogens with one attached hydrogen (secondary N) is 1. The number of nitrogens with two attached hydrogens (primary N) is 1. The molecule has 0 radical (unpaired) electrons. The van der Waals surface area contributed by atoms with Crippen molar-refractivity contribution in [2.24, 2.45) is 5.84 Å². The molecule has 0 bridgehead atoms. The lowest BCUT2D eigenvalue weighted by atomic mass is 10.2. The Kier molecular flexibility index (Phi) is 4.18. The number of aliphatic hydroxyl groups excluding tert-OH is 1. The van der Waals surface area contributed by atoms with Crippen LogP contribution in [0.3, 0.4) is 0 Å². The predicted molar refractivity (Wildman–Crippen MR) is 68.5 cm³/mol. The average molecular weight is 274 g/mol. The standard InChI is InChI=1S/C10H16ClN5O2/c1-6-3-16(4-7(5-17)18-6)9-8(11)2-13-10(14-9)15-12/h2,6-7,17H,3-5,12H2,1H3,(H,13,14,15). The Morgan fingerprint density at radius 1 is 1.67 bits per heavy atom. The van der Waals surface area contributed by atoms with Crippen molar-refractivity contribution in [3.63, 3.8) is 0 Å². The van der Waals surface area contributed by atoms with Gasteiger partial charge in [-0.25, -0.2) is 10.8 Å². The number of anilines is 2. The molecule has 1 aliphatic heterocycles. The molecule has 1 fully saturated rings. The first kappa shape index (κ1) is 13.3. The second-order valence-electron chi connectivity index (χ2n) is 4.17. The van der Waals surface area contributed by atoms with Gasteiger partial charge in [0.25, 0.3) is 0 Å². The van der Waals surface area contributed by atoms with Gasteiger partial charge in [0.2, 0.25) is 5.95 Å². The molecular formula is C10H16ClN5O2. The fourth-order valence-corrected chi connectivity index (χ4v) is 2.18. The zero-order valence-electron chi connectivity index (χ0n) is 10.0. The highest BCUT2D eigenvalue weighted by molar-refractivity contribution is 6.32. The molecule has 4 N–H and O–H groups in total. The molecule has 0 saturated carbocycles. The number of nitrogen functional groups attached to an aromatic ring is 1. The lowest BCUT2D eigenvalue weighted by molar-refractivity contribution is -0.0422. The van der Waals surface area contributed by atoms with Crippen molar-refractivity contribution in [3.05, 3.63) is 11.2 Å². The van der Waals surface area contributed by atoms with Crippen LogP contribution in [-0.2, 0) is 4.74 Å². The number of aliphatic hydroxyl groups is 1. The Balaban J connectivity index is 2.24. The number of morpholine rings is 1. The maximum Gasteiger partial charge on any atom is 0.239 e. The summed E-state index contributed by atoms with van der Waals surface area (Å²) in [5.74, 6) is 6.17. The van der Waals surface area contributed by atoms with E-state index in [0.29, 0.717) is 29.9 Å². The zero-order valence-corrected chi connectivity index (χ0v) is 10.8. The van der Waals surface area contributed by atoms with Crippen molar-refractivity contribution >= 4 is 23.4 Å². The SMILES string of the molecule is CC1CN(c2nc(NN)ncc2Cl)CC(CO)O1. The van der Waals surface area contributed by atoms with Crippen molar-refractivity contribution in [1.82, 2.24) is 9.97 Å². The minimum Gasteiger partial charge on any atom is -0.394 e. The lowest BCUT2D eigenvalue weighted by Crippen LogP contribution is -2.48. The van der Waals surface area contributed by atoms with Gasteiger partial charge in [-0.1, -0.05) is 11.6 Å². The highest BCUT2D eigenvalue weighted by Gasteiger charge is 2.27. The molecule has 1 aliphatic rings. The first-order chi connectivity index (χ1) is 8.63. The fourth-order valence-electron chi connectivity index (χ4n) is 1.97. The topological polar surface area (TPSA) is 96.5 Å². The van der Waals surface area contributed by atoms with E-state index in [-0.39, 0.29) is 18.8 Å². The third-order valence-electron chi connectivity index (χ3n) is 2.68. The van der Waals surface area contributed by atoms with Crippen molar-refractivity contribution in [3.8, 4) is 0 Å². The van der Waals surface area contributed by atoms with E-state index >= 15 is 0 Å². The molecular weight excluding hydrogens is 258 g/mol. The van der Waals surface area contributed by atoms with Crippen molar-refractivity contribution in [2.45, 2.75) is 19.1 Å². The van der Waals surface area contributed by atoms with Crippen LogP contribution in [0.25, 0.3) is 0 Å². The van der Waals surface area contributed by atoms with Gasteiger partial charge < -0.3 is 14.7 Å². The minimum absolute atomic E-state index is 0.00350. The molecule has 1 aromatic heterocycles. The smallest absolute Gasteiger partial charge is 0.239 e. The van der Waals surface area contributed by atoms with E-state index < -0.39 is 0 Å².